The molecule has 26 heavy (non-hydrogen) atoms. The summed E-state index contributed by atoms with van der Waals surface area (Å²) < 4.78 is 1.83. The van der Waals surface area contributed by atoms with Crippen LogP contribution in [0.5, 0.6) is 0 Å². The van der Waals surface area contributed by atoms with E-state index in [0.717, 1.165) is 54.5 Å². The topological polar surface area (TPSA) is 60.9 Å². The van der Waals surface area contributed by atoms with Gasteiger partial charge in [-0.05, 0) is 31.2 Å². The Bertz CT molecular complexity index is 846. The number of halogens is 1. The molecule has 0 saturated carbocycles. The predicted molar refractivity (Wildman–Crippen MR) is 98.1 cm³/mol. The van der Waals surface area contributed by atoms with Crippen LogP contribution in [-0.2, 0) is 65.4 Å². The third-order valence-electron chi connectivity index (χ3n) is 3.95. The summed E-state index contributed by atoms with van der Waals surface area (Å²) in [7, 11) is 0. The molecule has 2 radical (unpaired) electrons. The van der Waals surface area contributed by atoms with Gasteiger partial charge in [-0.2, -0.15) is 5.10 Å². The van der Waals surface area contributed by atoms with Gasteiger partial charge >= 0.3 is 0 Å². The maximum atomic E-state index is 5.97. The molecule has 0 unspecified atom stereocenters. The Morgan fingerprint density at radius 3 is 2.35 bits per heavy atom. The maximum absolute atomic E-state index is 5.97. The van der Waals surface area contributed by atoms with Gasteiger partial charge in [0.25, 0.3) is 0 Å². The van der Waals surface area contributed by atoms with Crippen molar-refractivity contribution in [2.45, 2.75) is 6.92 Å². The molecule has 1 aromatic carbocycles. The molecule has 0 N–H and O–H groups in total. The van der Waals surface area contributed by atoms with E-state index >= 15 is 0 Å². The number of hydrogen-bond acceptors (Lipinski definition) is 4. The van der Waals surface area contributed by atoms with Crippen LogP contribution in [0.2, 0.25) is 5.02 Å². The first-order chi connectivity index (χ1) is 11.2. The zero-order valence-electron chi connectivity index (χ0n) is 14.9. The van der Waals surface area contributed by atoms with Crippen molar-refractivity contribution in [3.8, 4) is 5.69 Å². The fraction of sp³-hybridized carbons (Fsp3) is 0.294. The molecule has 4 rings (SSSR count). The van der Waals surface area contributed by atoms with Crippen LogP contribution in [0.3, 0.4) is 0 Å². The maximum Gasteiger partial charge on any atom is 0.168 e. The smallest absolute Gasteiger partial charge is 0.168 e. The molecule has 3 heterocycles. The van der Waals surface area contributed by atoms with Gasteiger partial charge in [0.1, 0.15) is 11.6 Å². The van der Waals surface area contributed by atoms with Crippen LogP contribution in [0.25, 0.3) is 22.0 Å². The molecule has 0 atom stereocenters. The molecule has 1 saturated heterocycles. The minimum Gasteiger partial charge on any atom is -0.659 e. The van der Waals surface area contributed by atoms with E-state index in [1.807, 2.05) is 42.1 Å². The van der Waals surface area contributed by atoms with E-state index in [-0.39, 0.29) is 72.8 Å². The molecule has 0 spiro atoms. The van der Waals surface area contributed by atoms with E-state index in [4.69, 9.17) is 11.6 Å². The van der Waals surface area contributed by atoms with Crippen molar-refractivity contribution in [3.05, 3.63) is 54.1 Å². The number of hydrogen-bond donors (Lipinski definition) is 0. The van der Waals surface area contributed by atoms with Gasteiger partial charge < -0.3 is 17.6 Å². The van der Waals surface area contributed by atoms with Gasteiger partial charge in [-0.15, -0.1) is 13.1 Å². The molecule has 1 fully saturated rings. The molecule has 6 nitrogen and oxygen atoms in total. The number of aromatic nitrogens is 4. The van der Waals surface area contributed by atoms with Crippen molar-refractivity contribution in [2.24, 2.45) is 0 Å². The van der Waals surface area contributed by atoms with Crippen LogP contribution in [0.1, 0.15) is 5.82 Å². The third-order valence-corrected chi connectivity index (χ3v) is 4.20. The number of piperazine rings is 1. The quantitative estimate of drug-likeness (QED) is 0.486. The summed E-state index contributed by atoms with van der Waals surface area (Å²) >= 11 is 5.97. The van der Waals surface area contributed by atoms with Crippen LogP contribution in [0, 0.1) is 14.4 Å². The summed E-state index contributed by atoms with van der Waals surface area (Å²) in [5, 5.41) is 10.6. The van der Waals surface area contributed by atoms with Crippen LogP contribution >= 0.6 is 11.6 Å². The Labute approximate surface area is 209 Å². The van der Waals surface area contributed by atoms with Crippen LogP contribution in [0.15, 0.2) is 30.5 Å². The standard InChI is InChI=1S/C16H16ClN6.CH3.2Y/c1-11-20-15(22-8-6-18-7-9-22)14-10-19-23(16(14)21-11)13-4-2-12(17)3-5-13;;;/h2-5,10H,6-9H2,1H3;1H3;;/q2*-1;;. The minimum atomic E-state index is 0. The van der Waals surface area contributed by atoms with E-state index in [9.17, 15) is 0 Å². The fourth-order valence-electron chi connectivity index (χ4n) is 2.83. The molecule has 0 bridgehead atoms. The first-order valence-electron chi connectivity index (χ1n) is 7.59. The summed E-state index contributed by atoms with van der Waals surface area (Å²) in [5.74, 6) is 1.69. The van der Waals surface area contributed by atoms with E-state index in [2.05, 4.69) is 25.3 Å². The van der Waals surface area contributed by atoms with Crippen LogP contribution in [0.4, 0.5) is 5.82 Å². The Morgan fingerprint density at radius 2 is 1.69 bits per heavy atom. The number of aryl methyl sites for hydroxylation is 1. The molecule has 3 aromatic rings. The number of fused-ring (bicyclic) bond motifs is 1. The van der Waals surface area contributed by atoms with Crippen LogP contribution in [-0.4, -0.2) is 45.9 Å². The summed E-state index contributed by atoms with van der Waals surface area (Å²) in [5.41, 5.74) is 1.75. The second-order valence-corrected chi connectivity index (χ2v) is 5.96. The van der Waals surface area contributed by atoms with E-state index in [1.54, 1.807) is 0 Å². The number of rotatable bonds is 2. The number of nitrogens with zero attached hydrogens (tertiary/aromatic N) is 6. The van der Waals surface area contributed by atoms with Crippen molar-refractivity contribution >= 4 is 28.5 Å². The monoisotopic (exact) mass is 520 g/mol. The molecule has 0 aliphatic carbocycles. The zero-order valence-corrected chi connectivity index (χ0v) is 21.4. The average Bonchev–Trinajstić information content (AvgIpc) is 2.99. The van der Waals surface area contributed by atoms with Crippen molar-refractivity contribution in [1.82, 2.24) is 19.7 Å². The van der Waals surface area contributed by atoms with Crippen molar-refractivity contribution in [3.63, 3.8) is 0 Å². The van der Waals surface area contributed by atoms with Gasteiger partial charge in [-0.25, -0.2) is 14.6 Å². The van der Waals surface area contributed by atoms with Crippen LogP contribution < -0.4 is 4.90 Å². The van der Waals surface area contributed by atoms with Crippen molar-refractivity contribution in [2.75, 3.05) is 31.1 Å². The first kappa shape index (κ1) is 24.1. The SMILES string of the molecule is Cc1nc(N2CC[N-]CC2)c2cnn(-c3ccc(Cl)cc3)c2n1.[CH3-].[Y].[Y]. The first-order valence-corrected chi connectivity index (χ1v) is 7.97. The van der Waals surface area contributed by atoms with Crippen molar-refractivity contribution < 1.29 is 65.4 Å². The second-order valence-electron chi connectivity index (χ2n) is 5.52. The van der Waals surface area contributed by atoms with E-state index in [1.165, 1.54) is 0 Å². The van der Waals surface area contributed by atoms with Gasteiger partial charge in [0.2, 0.25) is 0 Å². The summed E-state index contributed by atoms with van der Waals surface area (Å²) in [4.78, 5) is 11.5. The molecular weight excluding hydrogens is 501 g/mol. The Morgan fingerprint density at radius 1 is 1.04 bits per heavy atom. The van der Waals surface area contributed by atoms with E-state index < -0.39 is 0 Å². The molecular formula is C17H19ClN6Y2-2. The van der Waals surface area contributed by atoms with E-state index in [0.29, 0.717) is 5.02 Å². The van der Waals surface area contributed by atoms with Crippen molar-refractivity contribution in [1.29, 1.82) is 0 Å². The number of benzene rings is 1. The Balaban J connectivity index is 0.00000113. The second kappa shape index (κ2) is 10.5. The average molecular weight is 521 g/mol. The summed E-state index contributed by atoms with van der Waals surface area (Å²) in [6.45, 7) is 5.37. The van der Waals surface area contributed by atoms with Gasteiger partial charge in [0.05, 0.1) is 17.3 Å². The Hall–Kier alpha value is 0.0278. The third kappa shape index (κ3) is 4.89. The summed E-state index contributed by atoms with van der Waals surface area (Å²) in [6.07, 6.45) is 1.84. The largest absolute Gasteiger partial charge is 0.659 e. The fourth-order valence-corrected chi connectivity index (χ4v) is 2.96. The molecule has 1 aliphatic heterocycles. The summed E-state index contributed by atoms with van der Waals surface area (Å²) in [6, 6.07) is 7.58. The Kier molecular flexibility index (Phi) is 9.76. The van der Waals surface area contributed by atoms with Gasteiger partial charge in [-0.1, -0.05) is 11.6 Å². The molecule has 1 aliphatic rings. The van der Waals surface area contributed by atoms with Gasteiger partial charge in [0, 0.05) is 83.5 Å². The normalized spacial score (nSPS) is 13.5. The van der Waals surface area contributed by atoms with Gasteiger partial charge in [0.15, 0.2) is 5.65 Å². The number of anilines is 1. The minimum absolute atomic E-state index is 0. The predicted octanol–water partition coefficient (Wildman–Crippen LogP) is 3.42. The molecule has 9 heteroatoms. The molecule has 0 amide bonds. The van der Waals surface area contributed by atoms with Gasteiger partial charge in [-0.3, -0.25) is 0 Å². The molecule has 132 valence electrons. The molecule has 2 aromatic heterocycles. The zero-order chi connectivity index (χ0) is 15.8.